The summed E-state index contributed by atoms with van der Waals surface area (Å²) >= 11 is 0. The van der Waals surface area contributed by atoms with Gasteiger partial charge in [0.15, 0.2) is 6.17 Å². The Labute approximate surface area is 163 Å². The minimum Gasteiger partial charge on any atom is -0.429 e. The number of hydrogen-bond acceptors (Lipinski definition) is 3. The van der Waals surface area contributed by atoms with Crippen LogP contribution >= 0.6 is 0 Å². The second-order valence-corrected chi connectivity index (χ2v) is 6.88. The lowest BCUT2D eigenvalue weighted by Crippen LogP contribution is -2.27. The first-order valence-electron chi connectivity index (χ1n) is 9.37. The van der Waals surface area contributed by atoms with Crippen LogP contribution in [0.15, 0.2) is 91.0 Å². The summed E-state index contributed by atoms with van der Waals surface area (Å²) in [6.07, 6.45) is -2.55. The van der Waals surface area contributed by atoms with Crippen LogP contribution in [0.1, 0.15) is 27.4 Å². The van der Waals surface area contributed by atoms with Gasteiger partial charge in [0.1, 0.15) is 0 Å². The van der Waals surface area contributed by atoms with Crippen molar-refractivity contribution in [3.8, 4) is 0 Å². The van der Waals surface area contributed by atoms with Crippen molar-refractivity contribution in [1.29, 1.82) is 0 Å². The van der Waals surface area contributed by atoms with Crippen LogP contribution in [0, 0.1) is 0 Å². The first-order valence-corrected chi connectivity index (χ1v) is 9.37. The first kappa shape index (κ1) is 18.4. The van der Waals surface area contributed by atoms with Crippen LogP contribution in [0.3, 0.4) is 0 Å². The van der Waals surface area contributed by atoms with Gasteiger partial charge in [0.25, 0.3) is 0 Å². The smallest absolute Gasteiger partial charge is 0.340 e. The number of carbonyl (C=O) groups excluding carboxylic acids is 1. The van der Waals surface area contributed by atoms with Gasteiger partial charge in [-0.2, -0.15) is 0 Å². The molecule has 0 aromatic heterocycles. The summed E-state index contributed by atoms with van der Waals surface area (Å²) in [4.78, 5) is 12.4. The van der Waals surface area contributed by atoms with E-state index in [4.69, 9.17) is 9.47 Å². The molecule has 1 heterocycles. The monoisotopic (exact) mass is 375 g/mol. The maximum Gasteiger partial charge on any atom is 0.340 e. The van der Waals surface area contributed by atoms with E-state index < -0.39 is 30.5 Å². The Morgan fingerprint density at radius 2 is 1.43 bits per heavy atom. The first-order chi connectivity index (χ1) is 13.7. The number of benzene rings is 3. The molecule has 4 atom stereocenters. The summed E-state index contributed by atoms with van der Waals surface area (Å²) in [6, 6.07) is 27.8. The van der Waals surface area contributed by atoms with Crippen LogP contribution in [0.5, 0.6) is 0 Å². The second-order valence-electron chi connectivity index (χ2n) is 6.88. The van der Waals surface area contributed by atoms with Crippen LogP contribution in [-0.4, -0.2) is 24.5 Å². The number of ether oxygens (including phenoxy) is 2. The summed E-state index contributed by atoms with van der Waals surface area (Å²) in [5.74, 6) is -1.09. The Morgan fingerprint density at radius 1 is 0.857 bits per heavy atom. The molecule has 0 radical (unpaired) electrons. The zero-order valence-corrected chi connectivity index (χ0v) is 15.3. The highest BCUT2D eigenvalue weighted by Gasteiger charge is 2.47. The van der Waals surface area contributed by atoms with Gasteiger partial charge in [0.05, 0.1) is 11.7 Å². The van der Waals surface area contributed by atoms with Gasteiger partial charge in [-0.05, 0) is 29.7 Å². The van der Waals surface area contributed by atoms with Crippen molar-refractivity contribution in [3.63, 3.8) is 0 Å². The van der Waals surface area contributed by atoms with Crippen molar-refractivity contribution < 1.29 is 18.7 Å². The molecule has 1 saturated heterocycles. The van der Waals surface area contributed by atoms with Crippen molar-refractivity contribution in [2.24, 2.45) is 0 Å². The topological polar surface area (TPSA) is 35.5 Å². The fraction of sp³-hybridized carbons (Fsp3) is 0.208. The van der Waals surface area contributed by atoms with Gasteiger partial charge in [-0.25, -0.2) is 9.18 Å². The normalized spacial score (nSPS) is 24.0. The Balaban J connectivity index is 1.56. The summed E-state index contributed by atoms with van der Waals surface area (Å²) in [5.41, 5.74) is 2.27. The lowest BCUT2D eigenvalue weighted by Gasteiger charge is -2.19. The Bertz CT molecular complexity index is 899. The summed E-state index contributed by atoms with van der Waals surface area (Å²) in [5, 5.41) is 0. The van der Waals surface area contributed by atoms with Gasteiger partial charge in [-0.1, -0.05) is 78.9 Å². The average molecular weight is 375 g/mol. The lowest BCUT2D eigenvalue weighted by molar-refractivity contribution is -0.120. The Hall–Kier alpha value is -2.98. The molecule has 4 heteroatoms. The van der Waals surface area contributed by atoms with Crippen molar-refractivity contribution >= 4 is 5.97 Å². The van der Waals surface area contributed by atoms with Crippen LogP contribution < -0.4 is 0 Å². The molecular weight excluding hydrogens is 354 g/mol. The third-order valence-electron chi connectivity index (χ3n) is 5.01. The standard InChI is InChI=1S/C24H21FO3/c25-22-21(18-12-6-2-7-13-18)20(16-17-10-4-1-5-11-17)27-24(22)28-23(26)19-14-8-3-9-15-19/h1-15,20-22,24H,16H2/i25-1. The van der Waals surface area contributed by atoms with Gasteiger partial charge in [-0.3, -0.25) is 0 Å². The number of carbonyl (C=O) groups is 1. The van der Waals surface area contributed by atoms with Crippen LogP contribution in [0.25, 0.3) is 0 Å². The molecule has 0 spiro atoms. The molecule has 3 aromatic carbocycles. The van der Waals surface area contributed by atoms with Crippen molar-refractivity contribution in [2.75, 3.05) is 0 Å². The van der Waals surface area contributed by atoms with E-state index in [1.165, 1.54) is 0 Å². The van der Waals surface area contributed by atoms with E-state index >= 15 is 4.39 Å². The predicted molar refractivity (Wildman–Crippen MR) is 105 cm³/mol. The van der Waals surface area contributed by atoms with E-state index in [0.717, 1.165) is 11.1 Å². The molecule has 1 fully saturated rings. The van der Waals surface area contributed by atoms with Crippen LogP contribution in [-0.2, 0) is 15.9 Å². The third kappa shape index (κ3) is 3.97. The molecule has 4 unspecified atom stereocenters. The highest BCUT2D eigenvalue weighted by Crippen LogP contribution is 2.39. The van der Waals surface area contributed by atoms with Crippen LogP contribution in [0.4, 0.5) is 4.39 Å². The van der Waals surface area contributed by atoms with Gasteiger partial charge in [0, 0.05) is 5.92 Å². The Kier molecular flexibility index (Phi) is 5.49. The van der Waals surface area contributed by atoms with Gasteiger partial charge >= 0.3 is 5.97 Å². The lowest BCUT2D eigenvalue weighted by atomic mass is 9.88. The maximum absolute atomic E-state index is 15.4. The predicted octanol–water partition coefficient (Wildman–Crippen LogP) is 4.93. The van der Waals surface area contributed by atoms with E-state index in [2.05, 4.69) is 0 Å². The molecule has 0 bridgehead atoms. The highest BCUT2D eigenvalue weighted by atomic mass is 18.2. The largest absolute Gasteiger partial charge is 0.429 e. The van der Waals surface area contributed by atoms with Gasteiger partial charge in [-0.15, -0.1) is 0 Å². The number of rotatable bonds is 5. The highest BCUT2D eigenvalue weighted by molar-refractivity contribution is 5.89. The molecule has 1 aliphatic heterocycles. The fourth-order valence-corrected chi connectivity index (χ4v) is 3.64. The molecule has 4 rings (SSSR count). The number of hydrogen-bond donors (Lipinski definition) is 0. The van der Waals surface area contributed by atoms with E-state index in [9.17, 15) is 4.79 Å². The SMILES string of the molecule is O=C(OC1OC(Cc2ccccc2)C(c2ccccc2)C1[18F])c1ccccc1. The minimum absolute atomic E-state index is 0.376. The molecule has 0 N–H and O–H groups in total. The zero-order chi connectivity index (χ0) is 19.3. The molecule has 0 saturated carbocycles. The number of halogens is 1. The molecule has 1 aliphatic rings. The summed E-state index contributed by atoms with van der Waals surface area (Å²) in [7, 11) is 0. The number of alkyl halides is 1. The molecule has 3 nitrogen and oxygen atoms in total. The molecular formula is C24H21FO3. The van der Waals surface area contributed by atoms with E-state index in [1.807, 2.05) is 66.7 Å². The third-order valence-corrected chi connectivity index (χ3v) is 5.01. The van der Waals surface area contributed by atoms with Crippen molar-refractivity contribution in [1.82, 2.24) is 0 Å². The maximum atomic E-state index is 15.4. The summed E-state index contributed by atoms with van der Waals surface area (Å²) < 4.78 is 26.7. The van der Waals surface area contributed by atoms with Crippen LogP contribution in [0.2, 0.25) is 0 Å². The fourth-order valence-electron chi connectivity index (χ4n) is 3.64. The van der Waals surface area contributed by atoms with E-state index in [1.54, 1.807) is 24.3 Å². The molecule has 0 aliphatic carbocycles. The second kappa shape index (κ2) is 8.36. The molecule has 142 valence electrons. The zero-order valence-electron chi connectivity index (χ0n) is 15.3. The average Bonchev–Trinajstić information content (AvgIpc) is 3.04. The van der Waals surface area contributed by atoms with E-state index in [0.29, 0.717) is 12.0 Å². The van der Waals surface area contributed by atoms with Gasteiger partial charge < -0.3 is 9.47 Å². The number of esters is 1. The Morgan fingerprint density at radius 3 is 2.07 bits per heavy atom. The van der Waals surface area contributed by atoms with E-state index in [-0.39, 0.29) is 0 Å². The quantitative estimate of drug-likeness (QED) is 0.593. The summed E-state index contributed by atoms with van der Waals surface area (Å²) in [6.45, 7) is 0. The van der Waals surface area contributed by atoms with Crippen molar-refractivity contribution in [3.05, 3.63) is 108 Å². The van der Waals surface area contributed by atoms with Gasteiger partial charge in [0.2, 0.25) is 6.29 Å². The minimum atomic E-state index is -1.44. The molecule has 28 heavy (non-hydrogen) atoms. The van der Waals surface area contributed by atoms with Crippen molar-refractivity contribution in [2.45, 2.75) is 30.9 Å². The molecule has 3 aromatic rings. The molecule has 0 amide bonds.